The van der Waals surface area contributed by atoms with Crippen LogP contribution in [0, 0.1) is 0 Å². The number of hydrogen-bond acceptors (Lipinski definition) is 4. The third-order valence-electron chi connectivity index (χ3n) is 4.10. The normalized spacial score (nSPS) is 11.0. The molecule has 130 valence electrons. The Bertz CT molecular complexity index is 1070. The van der Waals surface area contributed by atoms with Gasteiger partial charge >= 0.3 is 0 Å². The van der Waals surface area contributed by atoms with Crippen LogP contribution in [-0.4, -0.2) is 9.97 Å². The second-order valence-corrected chi connectivity index (χ2v) is 8.71. The van der Waals surface area contributed by atoms with Gasteiger partial charge in [-0.1, -0.05) is 57.0 Å². The Kier molecular flexibility index (Phi) is 5.07. The Morgan fingerprint density at radius 2 is 1.81 bits per heavy atom. The average Bonchev–Trinajstić information content (AvgIpc) is 3.02. The highest BCUT2D eigenvalue weighted by molar-refractivity contribution is 9.10. The van der Waals surface area contributed by atoms with E-state index in [0.717, 1.165) is 37.1 Å². The first-order chi connectivity index (χ1) is 12.7. The molecule has 0 aliphatic rings. The number of nitrogens with one attached hydrogen (secondary N) is 1. The van der Waals surface area contributed by atoms with Crippen LogP contribution in [0.4, 0.5) is 11.5 Å². The molecule has 1 N–H and O–H groups in total. The minimum absolute atomic E-state index is 0.835. The van der Waals surface area contributed by atoms with E-state index in [9.17, 15) is 0 Å². The lowest BCUT2D eigenvalue weighted by Gasteiger charge is -2.10. The van der Waals surface area contributed by atoms with Gasteiger partial charge in [-0.15, -0.1) is 11.3 Å². The predicted octanol–water partition coefficient (Wildman–Crippen LogP) is 7.19. The van der Waals surface area contributed by atoms with Crippen LogP contribution in [0.25, 0.3) is 21.3 Å². The quantitative estimate of drug-likeness (QED) is 0.330. The smallest absolute Gasteiger partial charge is 0.143 e. The molecule has 0 aliphatic carbocycles. The van der Waals surface area contributed by atoms with Crippen LogP contribution in [-0.2, 0) is 6.42 Å². The molecule has 0 atom stereocenters. The van der Waals surface area contributed by atoms with Crippen LogP contribution in [0.3, 0.4) is 0 Å². The molecule has 0 saturated heterocycles. The number of anilines is 2. The highest BCUT2D eigenvalue weighted by atomic mass is 79.9. The number of aryl methyl sites for hydroxylation is 1. The second kappa shape index (κ2) is 7.47. The highest BCUT2D eigenvalue weighted by Crippen LogP contribution is 2.42. The number of thiophene rings is 1. The van der Waals surface area contributed by atoms with Gasteiger partial charge in [-0.2, -0.15) is 0 Å². The van der Waals surface area contributed by atoms with E-state index in [1.54, 1.807) is 17.7 Å². The lowest BCUT2D eigenvalue weighted by atomic mass is 10.0. The maximum atomic E-state index is 4.54. The van der Waals surface area contributed by atoms with Crippen molar-refractivity contribution in [3.05, 3.63) is 68.7 Å². The number of rotatable bonds is 4. The van der Waals surface area contributed by atoms with Crippen molar-refractivity contribution < 1.29 is 0 Å². The fourth-order valence-corrected chi connectivity index (χ4v) is 4.71. The number of hydrogen-bond donors (Lipinski definition) is 1. The molecule has 26 heavy (non-hydrogen) atoms. The zero-order valence-electron chi connectivity index (χ0n) is 14.0. The molecular formula is C20H15Br2N3S. The van der Waals surface area contributed by atoms with Gasteiger partial charge in [0.2, 0.25) is 0 Å². The van der Waals surface area contributed by atoms with Gasteiger partial charge in [-0.25, -0.2) is 9.97 Å². The van der Waals surface area contributed by atoms with Crippen molar-refractivity contribution in [3.8, 4) is 11.1 Å². The zero-order valence-corrected chi connectivity index (χ0v) is 18.0. The fourth-order valence-electron chi connectivity index (χ4n) is 2.95. The zero-order chi connectivity index (χ0) is 18.1. The molecule has 2 aromatic heterocycles. The standard InChI is InChI=1S/C20H15Br2N3S/c1-2-16-17(12-6-8-13(21)9-7-12)18-19(23-11-24-20(18)26-16)25-15-5-3-4-14(22)10-15/h3-11H,2H2,1H3,(H,23,24,25). The van der Waals surface area contributed by atoms with Crippen molar-refractivity contribution in [1.82, 2.24) is 9.97 Å². The van der Waals surface area contributed by atoms with Crippen LogP contribution in [0.15, 0.2) is 63.8 Å². The van der Waals surface area contributed by atoms with Crippen molar-refractivity contribution >= 4 is 64.9 Å². The van der Waals surface area contributed by atoms with Crippen LogP contribution in [0.2, 0.25) is 0 Å². The highest BCUT2D eigenvalue weighted by Gasteiger charge is 2.18. The van der Waals surface area contributed by atoms with Gasteiger partial charge in [0.25, 0.3) is 0 Å². The molecule has 0 spiro atoms. The van der Waals surface area contributed by atoms with E-state index in [-0.39, 0.29) is 0 Å². The minimum atomic E-state index is 0.835. The summed E-state index contributed by atoms with van der Waals surface area (Å²) in [6.07, 6.45) is 2.59. The number of nitrogens with zero attached hydrogens (tertiary/aromatic N) is 2. The molecule has 0 radical (unpaired) electrons. The molecule has 6 heteroatoms. The molecule has 0 aliphatic heterocycles. The summed E-state index contributed by atoms with van der Waals surface area (Å²) >= 11 is 8.78. The summed E-state index contributed by atoms with van der Waals surface area (Å²) in [4.78, 5) is 11.4. The summed E-state index contributed by atoms with van der Waals surface area (Å²) in [5.41, 5.74) is 3.40. The summed E-state index contributed by atoms with van der Waals surface area (Å²) < 4.78 is 2.10. The van der Waals surface area contributed by atoms with E-state index in [0.29, 0.717) is 0 Å². The molecule has 4 rings (SSSR count). The SMILES string of the molecule is CCc1sc2ncnc(Nc3cccc(Br)c3)c2c1-c1ccc(Br)cc1. The van der Waals surface area contributed by atoms with Crippen LogP contribution in [0.5, 0.6) is 0 Å². The van der Waals surface area contributed by atoms with Crippen molar-refractivity contribution in [2.24, 2.45) is 0 Å². The van der Waals surface area contributed by atoms with Crippen molar-refractivity contribution in [2.75, 3.05) is 5.32 Å². The number of halogens is 2. The molecule has 2 heterocycles. The number of fused-ring (bicyclic) bond motifs is 1. The van der Waals surface area contributed by atoms with Gasteiger partial charge in [0.05, 0.1) is 5.39 Å². The molecule has 0 unspecified atom stereocenters. The summed E-state index contributed by atoms with van der Waals surface area (Å²) in [5.74, 6) is 0.835. The van der Waals surface area contributed by atoms with Gasteiger partial charge < -0.3 is 5.32 Å². The van der Waals surface area contributed by atoms with Gasteiger partial charge in [0.15, 0.2) is 0 Å². The monoisotopic (exact) mass is 487 g/mol. The van der Waals surface area contributed by atoms with Gasteiger partial charge in [0.1, 0.15) is 17.0 Å². The molecule has 0 bridgehead atoms. The Morgan fingerprint density at radius 3 is 2.54 bits per heavy atom. The molecular weight excluding hydrogens is 474 g/mol. The molecule has 2 aromatic carbocycles. The van der Waals surface area contributed by atoms with Crippen molar-refractivity contribution in [3.63, 3.8) is 0 Å². The molecule has 0 fully saturated rings. The van der Waals surface area contributed by atoms with Gasteiger partial charge in [-0.3, -0.25) is 0 Å². The summed E-state index contributed by atoms with van der Waals surface area (Å²) in [6.45, 7) is 2.18. The first-order valence-corrected chi connectivity index (χ1v) is 10.6. The van der Waals surface area contributed by atoms with E-state index >= 15 is 0 Å². The molecule has 3 nitrogen and oxygen atoms in total. The van der Waals surface area contributed by atoms with E-state index in [1.807, 2.05) is 24.3 Å². The van der Waals surface area contributed by atoms with Gasteiger partial charge in [-0.05, 0) is 42.3 Å². The minimum Gasteiger partial charge on any atom is -0.340 e. The van der Waals surface area contributed by atoms with E-state index in [2.05, 4.69) is 78.3 Å². The predicted molar refractivity (Wildman–Crippen MR) is 117 cm³/mol. The third-order valence-corrected chi connectivity index (χ3v) is 6.37. The van der Waals surface area contributed by atoms with E-state index in [1.165, 1.54) is 16.0 Å². The Balaban J connectivity index is 1.91. The number of benzene rings is 2. The fraction of sp³-hybridized carbons (Fsp3) is 0.100. The Labute approximate surface area is 172 Å². The molecule has 0 saturated carbocycles. The first-order valence-electron chi connectivity index (χ1n) is 8.20. The maximum Gasteiger partial charge on any atom is 0.143 e. The van der Waals surface area contributed by atoms with E-state index in [4.69, 9.17) is 0 Å². The maximum absolute atomic E-state index is 4.54. The third kappa shape index (κ3) is 3.41. The van der Waals surface area contributed by atoms with Gasteiger partial charge in [0, 0.05) is 25.1 Å². The van der Waals surface area contributed by atoms with Crippen molar-refractivity contribution in [1.29, 1.82) is 0 Å². The molecule has 4 aromatic rings. The summed E-state index contributed by atoms with van der Waals surface area (Å²) in [6, 6.07) is 16.5. The van der Waals surface area contributed by atoms with E-state index < -0.39 is 0 Å². The van der Waals surface area contributed by atoms with Crippen molar-refractivity contribution in [2.45, 2.75) is 13.3 Å². The lowest BCUT2D eigenvalue weighted by molar-refractivity contribution is 1.19. The summed E-state index contributed by atoms with van der Waals surface area (Å²) in [5, 5.41) is 4.54. The Hall–Kier alpha value is -1.76. The largest absolute Gasteiger partial charge is 0.340 e. The number of aromatic nitrogens is 2. The first kappa shape index (κ1) is 17.6. The van der Waals surface area contributed by atoms with Crippen LogP contribution in [0.1, 0.15) is 11.8 Å². The molecule has 0 amide bonds. The Morgan fingerprint density at radius 1 is 1.00 bits per heavy atom. The second-order valence-electron chi connectivity index (χ2n) is 5.80. The van der Waals surface area contributed by atoms with Crippen LogP contribution < -0.4 is 5.32 Å². The average molecular weight is 489 g/mol. The lowest BCUT2D eigenvalue weighted by Crippen LogP contribution is -1.96. The topological polar surface area (TPSA) is 37.8 Å². The summed E-state index contributed by atoms with van der Waals surface area (Å²) in [7, 11) is 0. The van der Waals surface area contributed by atoms with Crippen LogP contribution >= 0.6 is 43.2 Å².